The van der Waals surface area contributed by atoms with Gasteiger partial charge in [-0.1, -0.05) is 30.5 Å². The molecule has 1 atom stereocenters. The van der Waals surface area contributed by atoms with Crippen molar-refractivity contribution in [2.45, 2.75) is 44.2 Å². The summed E-state index contributed by atoms with van der Waals surface area (Å²) in [5, 5.41) is 13.7. The molecule has 1 aliphatic rings. The van der Waals surface area contributed by atoms with Crippen molar-refractivity contribution in [1.29, 1.82) is 0 Å². The Kier molecular flexibility index (Phi) is 4.25. The van der Waals surface area contributed by atoms with Crippen LogP contribution >= 0.6 is 11.6 Å². The average Bonchev–Trinajstić information content (AvgIpc) is 2.77. The van der Waals surface area contributed by atoms with Crippen molar-refractivity contribution in [2.24, 2.45) is 0 Å². The highest BCUT2D eigenvalue weighted by Crippen LogP contribution is 2.29. The molecule has 0 spiro atoms. The maximum absolute atomic E-state index is 13.1. The summed E-state index contributed by atoms with van der Waals surface area (Å²) in [7, 11) is 0. The maximum atomic E-state index is 13.1. The molecule has 1 aromatic carbocycles. The highest BCUT2D eigenvalue weighted by molar-refractivity contribution is 6.30. The zero-order chi connectivity index (χ0) is 13.2. The molecule has 0 aromatic heterocycles. The van der Waals surface area contributed by atoms with Crippen LogP contribution in [0.1, 0.15) is 44.2 Å². The van der Waals surface area contributed by atoms with Gasteiger partial charge in [0.25, 0.3) is 0 Å². The molecular formula is C14H19ClFNO. The van der Waals surface area contributed by atoms with Gasteiger partial charge in [0.2, 0.25) is 0 Å². The molecule has 1 aliphatic carbocycles. The van der Waals surface area contributed by atoms with Gasteiger partial charge in [-0.2, -0.15) is 0 Å². The summed E-state index contributed by atoms with van der Waals surface area (Å²) in [4.78, 5) is 0. The third-order valence-corrected chi connectivity index (χ3v) is 4.00. The van der Waals surface area contributed by atoms with E-state index in [1.165, 1.54) is 6.07 Å². The van der Waals surface area contributed by atoms with Crippen molar-refractivity contribution in [1.82, 2.24) is 5.32 Å². The summed E-state index contributed by atoms with van der Waals surface area (Å²) in [6, 6.07) is 4.78. The predicted octanol–water partition coefficient (Wildman–Crippen LogP) is 3.43. The number of benzene rings is 1. The van der Waals surface area contributed by atoms with E-state index in [0.29, 0.717) is 6.54 Å². The van der Waals surface area contributed by atoms with E-state index in [1.807, 2.05) is 6.92 Å². The number of aliphatic hydroxyl groups is 1. The summed E-state index contributed by atoms with van der Waals surface area (Å²) in [5.74, 6) is -0.401. The van der Waals surface area contributed by atoms with Gasteiger partial charge in [0.05, 0.1) is 10.6 Å². The Bertz CT molecular complexity index is 418. The van der Waals surface area contributed by atoms with Crippen LogP contribution in [-0.2, 0) is 0 Å². The zero-order valence-electron chi connectivity index (χ0n) is 10.5. The van der Waals surface area contributed by atoms with E-state index in [1.54, 1.807) is 12.1 Å². The normalized spacial score (nSPS) is 20.0. The van der Waals surface area contributed by atoms with Crippen LogP contribution in [0.2, 0.25) is 5.02 Å². The predicted molar refractivity (Wildman–Crippen MR) is 71.2 cm³/mol. The second-order valence-electron chi connectivity index (χ2n) is 5.21. The van der Waals surface area contributed by atoms with Gasteiger partial charge in [0.1, 0.15) is 5.82 Å². The molecule has 2 nitrogen and oxygen atoms in total. The lowest BCUT2D eigenvalue weighted by Crippen LogP contribution is -2.39. The largest absolute Gasteiger partial charge is 0.389 e. The topological polar surface area (TPSA) is 32.3 Å². The second-order valence-corrected chi connectivity index (χ2v) is 5.61. The van der Waals surface area contributed by atoms with Gasteiger partial charge in [-0.05, 0) is 37.5 Å². The summed E-state index contributed by atoms with van der Waals surface area (Å²) in [6.45, 7) is 2.56. The number of hydrogen-bond donors (Lipinski definition) is 2. The number of nitrogens with one attached hydrogen (secondary N) is 1. The average molecular weight is 272 g/mol. The molecule has 1 saturated carbocycles. The van der Waals surface area contributed by atoms with E-state index < -0.39 is 11.4 Å². The molecule has 1 unspecified atom stereocenters. The van der Waals surface area contributed by atoms with Crippen LogP contribution in [0.25, 0.3) is 0 Å². The fourth-order valence-corrected chi connectivity index (χ4v) is 2.64. The molecule has 1 fully saturated rings. The Morgan fingerprint density at radius 3 is 2.72 bits per heavy atom. The standard InChI is InChI=1S/C14H19ClFNO/c1-10(11-4-5-13(16)12(15)8-11)17-9-14(18)6-2-3-7-14/h4-5,8,10,17-18H,2-3,6-7,9H2,1H3. The Morgan fingerprint density at radius 1 is 1.44 bits per heavy atom. The van der Waals surface area contributed by atoms with Gasteiger partial charge in [-0.25, -0.2) is 4.39 Å². The van der Waals surface area contributed by atoms with Gasteiger partial charge in [-0.3, -0.25) is 0 Å². The lowest BCUT2D eigenvalue weighted by atomic mass is 10.0. The summed E-state index contributed by atoms with van der Waals surface area (Å²) >= 11 is 5.76. The quantitative estimate of drug-likeness (QED) is 0.879. The van der Waals surface area contributed by atoms with Gasteiger partial charge in [0, 0.05) is 12.6 Å². The maximum Gasteiger partial charge on any atom is 0.141 e. The third-order valence-electron chi connectivity index (χ3n) is 3.72. The van der Waals surface area contributed by atoms with Crippen LogP contribution in [0.15, 0.2) is 18.2 Å². The Balaban J connectivity index is 1.94. The van der Waals surface area contributed by atoms with Crippen LogP contribution in [0, 0.1) is 5.82 Å². The van der Waals surface area contributed by atoms with Gasteiger partial charge in [-0.15, -0.1) is 0 Å². The van der Waals surface area contributed by atoms with E-state index in [-0.39, 0.29) is 11.1 Å². The SMILES string of the molecule is CC(NCC1(O)CCCC1)c1ccc(F)c(Cl)c1. The lowest BCUT2D eigenvalue weighted by molar-refractivity contribution is 0.0453. The fourth-order valence-electron chi connectivity index (χ4n) is 2.45. The molecule has 18 heavy (non-hydrogen) atoms. The fraction of sp³-hybridized carbons (Fsp3) is 0.571. The minimum atomic E-state index is -0.571. The molecule has 100 valence electrons. The molecule has 0 radical (unpaired) electrons. The van der Waals surface area contributed by atoms with Gasteiger partial charge >= 0.3 is 0 Å². The highest BCUT2D eigenvalue weighted by atomic mass is 35.5. The van der Waals surface area contributed by atoms with E-state index in [9.17, 15) is 9.50 Å². The molecule has 1 aromatic rings. The smallest absolute Gasteiger partial charge is 0.141 e. The monoisotopic (exact) mass is 271 g/mol. The van der Waals surface area contributed by atoms with Crippen molar-refractivity contribution in [2.75, 3.05) is 6.54 Å². The molecule has 0 heterocycles. The first-order chi connectivity index (χ1) is 8.50. The van der Waals surface area contributed by atoms with Crippen LogP contribution in [0.5, 0.6) is 0 Å². The van der Waals surface area contributed by atoms with Gasteiger partial charge < -0.3 is 10.4 Å². The highest BCUT2D eigenvalue weighted by Gasteiger charge is 2.31. The molecular weight excluding hydrogens is 253 g/mol. The van der Waals surface area contributed by atoms with Crippen LogP contribution in [-0.4, -0.2) is 17.3 Å². The molecule has 2 N–H and O–H groups in total. The van der Waals surface area contributed by atoms with E-state index in [4.69, 9.17) is 11.6 Å². The molecule has 0 aliphatic heterocycles. The number of hydrogen-bond acceptors (Lipinski definition) is 2. The van der Waals surface area contributed by atoms with Crippen molar-refractivity contribution in [3.05, 3.63) is 34.6 Å². The Hall–Kier alpha value is -0.640. The molecule has 2 rings (SSSR count). The lowest BCUT2D eigenvalue weighted by Gasteiger charge is -2.25. The van der Waals surface area contributed by atoms with Crippen LogP contribution in [0.3, 0.4) is 0 Å². The van der Waals surface area contributed by atoms with E-state index in [2.05, 4.69) is 5.32 Å². The van der Waals surface area contributed by atoms with Crippen molar-refractivity contribution in [3.8, 4) is 0 Å². The molecule has 0 bridgehead atoms. The van der Waals surface area contributed by atoms with Crippen LogP contribution in [0.4, 0.5) is 4.39 Å². The minimum Gasteiger partial charge on any atom is -0.389 e. The molecule has 0 amide bonds. The first-order valence-electron chi connectivity index (χ1n) is 6.41. The molecule has 4 heteroatoms. The number of rotatable bonds is 4. The first-order valence-corrected chi connectivity index (χ1v) is 6.79. The minimum absolute atomic E-state index is 0.0488. The number of halogens is 2. The zero-order valence-corrected chi connectivity index (χ0v) is 11.3. The summed E-state index contributed by atoms with van der Waals surface area (Å²) in [6.07, 6.45) is 3.90. The van der Waals surface area contributed by atoms with E-state index in [0.717, 1.165) is 31.2 Å². The second kappa shape index (κ2) is 5.55. The molecule has 0 saturated heterocycles. The Labute approximate surface area is 112 Å². The van der Waals surface area contributed by atoms with E-state index >= 15 is 0 Å². The summed E-state index contributed by atoms with van der Waals surface area (Å²) < 4.78 is 13.1. The van der Waals surface area contributed by atoms with Crippen LogP contribution < -0.4 is 5.32 Å². The summed E-state index contributed by atoms with van der Waals surface area (Å²) in [5.41, 5.74) is 0.362. The first kappa shape index (κ1) is 13.8. The van der Waals surface area contributed by atoms with Crippen molar-refractivity contribution < 1.29 is 9.50 Å². The van der Waals surface area contributed by atoms with Crippen molar-refractivity contribution in [3.63, 3.8) is 0 Å². The third kappa shape index (κ3) is 3.22. The Morgan fingerprint density at radius 2 is 2.11 bits per heavy atom. The van der Waals surface area contributed by atoms with Crippen molar-refractivity contribution >= 4 is 11.6 Å². The van der Waals surface area contributed by atoms with Gasteiger partial charge in [0.15, 0.2) is 0 Å².